The van der Waals surface area contributed by atoms with Crippen molar-refractivity contribution >= 4 is 0 Å². The first-order chi connectivity index (χ1) is 7.88. The normalized spacial score (nSPS) is 22.2. The van der Waals surface area contributed by atoms with E-state index in [0.29, 0.717) is 12.6 Å². The van der Waals surface area contributed by atoms with Gasteiger partial charge in [-0.3, -0.25) is 9.88 Å². The van der Waals surface area contributed by atoms with Gasteiger partial charge in [-0.1, -0.05) is 6.07 Å². The van der Waals surface area contributed by atoms with Gasteiger partial charge in [0.15, 0.2) is 0 Å². The third kappa shape index (κ3) is 3.27. The van der Waals surface area contributed by atoms with Crippen molar-refractivity contribution in [2.75, 3.05) is 26.2 Å². The number of nitrogens with zero attached hydrogens (tertiary/aromatic N) is 2. The molecule has 4 heteroatoms. The van der Waals surface area contributed by atoms with Gasteiger partial charge in [-0.05, 0) is 24.6 Å². The highest BCUT2D eigenvalue weighted by atomic mass is 16.5. The van der Waals surface area contributed by atoms with Crippen molar-refractivity contribution in [1.82, 2.24) is 9.88 Å². The lowest BCUT2D eigenvalue weighted by atomic mass is 10.2. The van der Waals surface area contributed by atoms with Crippen LogP contribution in [-0.4, -0.2) is 42.2 Å². The molecule has 1 aliphatic rings. The Hall–Kier alpha value is -0.970. The van der Waals surface area contributed by atoms with Crippen molar-refractivity contribution in [2.45, 2.75) is 19.1 Å². The van der Waals surface area contributed by atoms with Crippen LogP contribution < -0.4 is 5.73 Å². The van der Waals surface area contributed by atoms with Gasteiger partial charge in [-0.15, -0.1) is 0 Å². The second-order valence-electron chi connectivity index (χ2n) is 4.17. The zero-order chi connectivity index (χ0) is 11.2. The second kappa shape index (κ2) is 5.94. The predicted molar refractivity (Wildman–Crippen MR) is 62.9 cm³/mol. The molecule has 16 heavy (non-hydrogen) atoms. The lowest BCUT2D eigenvalue weighted by Gasteiger charge is -2.32. The van der Waals surface area contributed by atoms with Crippen LogP contribution in [0, 0.1) is 0 Å². The summed E-state index contributed by atoms with van der Waals surface area (Å²) in [5.41, 5.74) is 6.81. The third-order valence-electron chi connectivity index (χ3n) is 2.84. The minimum Gasteiger partial charge on any atom is -0.376 e. The molecular weight excluding hydrogens is 202 g/mol. The van der Waals surface area contributed by atoms with Crippen molar-refractivity contribution in [2.24, 2.45) is 5.73 Å². The lowest BCUT2D eigenvalue weighted by Crippen LogP contribution is -2.42. The number of pyridine rings is 1. The molecule has 2 rings (SSSR count). The molecule has 0 bridgehead atoms. The zero-order valence-corrected chi connectivity index (χ0v) is 9.51. The van der Waals surface area contributed by atoms with Gasteiger partial charge in [0, 0.05) is 32.0 Å². The van der Waals surface area contributed by atoms with Gasteiger partial charge in [0.1, 0.15) is 0 Å². The summed E-state index contributed by atoms with van der Waals surface area (Å²) in [6, 6.07) is 4.09. The van der Waals surface area contributed by atoms with E-state index in [1.807, 2.05) is 12.3 Å². The Kier molecular flexibility index (Phi) is 4.27. The summed E-state index contributed by atoms with van der Waals surface area (Å²) in [6.07, 6.45) is 4.98. The van der Waals surface area contributed by atoms with E-state index < -0.39 is 0 Å². The van der Waals surface area contributed by atoms with Crippen LogP contribution in [0.3, 0.4) is 0 Å². The monoisotopic (exact) mass is 221 g/mol. The van der Waals surface area contributed by atoms with Crippen molar-refractivity contribution in [3.8, 4) is 0 Å². The largest absolute Gasteiger partial charge is 0.376 e. The van der Waals surface area contributed by atoms with Crippen molar-refractivity contribution in [1.29, 1.82) is 0 Å². The van der Waals surface area contributed by atoms with Crippen LogP contribution in [0.15, 0.2) is 24.5 Å². The Morgan fingerprint density at radius 3 is 3.25 bits per heavy atom. The van der Waals surface area contributed by atoms with Crippen LogP contribution in [0.5, 0.6) is 0 Å². The fraction of sp³-hybridized carbons (Fsp3) is 0.583. The number of nitrogens with two attached hydrogens (primary N) is 1. The number of ether oxygens (including phenoxy) is 1. The molecule has 4 nitrogen and oxygen atoms in total. The standard InChI is InChI=1S/C12H19N3O/c13-4-3-12-10-15(6-7-16-12)9-11-2-1-5-14-8-11/h1-2,5,8,12H,3-4,6-7,9-10,13H2. The number of aromatic nitrogens is 1. The average molecular weight is 221 g/mol. The molecule has 1 unspecified atom stereocenters. The van der Waals surface area contributed by atoms with E-state index in [2.05, 4.69) is 16.0 Å². The molecule has 0 radical (unpaired) electrons. The molecule has 1 aliphatic heterocycles. The summed E-state index contributed by atoms with van der Waals surface area (Å²) in [5.74, 6) is 0. The Balaban J connectivity index is 1.85. The van der Waals surface area contributed by atoms with E-state index >= 15 is 0 Å². The highest BCUT2D eigenvalue weighted by molar-refractivity contribution is 5.08. The minimum atomic E-state index is 0.301. The second-order valence-corrected chi connectivity index (χ2v) is 4.17. The maximum atomic E-state index is 5.65. The Bertz CT molecular complexity index is 302. The van der Waals surface area contributed by atoms with Gasteiger partial charge in [-0.25, -0.2) is 0 Å². The molecule has 1 aromatic heterocycles. The first-order valence-electron chi connectivity index (χ1n) is 5.81. The van der Waals surface area contributed by atoms with Crippen molar-refractivity contribution in [3.63, 3.8) is 0 Å². The van der Waals surface area contributed by atoms with Crippen LogP contribution in [0.4, 0.5) is 0 Å². The molecular formula is C12H19N3O. The van der Waals surface area contributed by atoms with Crippen LogP contribution in [0.25, 0.3) is 0 Å². The molecule has 1 aromatic rings. The number of hydrogen-bond acceptors (Lipinski definition) is 4. The molecule has 0 spiro atoms. The van der Waals surface area contributed by atoms with Gasteiger partial charge < -0.3 is 10.5 Å². The van der Waals surface area contributed by atoms with E-state index in [1.165, 1.54) is 5.56 Å². The van der Waals surface area contributed by atoms with E-state index in [4.69, 9.17) is 10.5 Å². The van der Waals surface area contributed by atoms with Gasteiger partial charge in [0.05, 0.1) is 12.7 Å². The van der Waals surface area contributed by atoms with Gasteiger partial charge >= 0.3 is 0 Å². The summed E-state index contributed by atoms with van der Waals surface area (Å²) in [4.78, 5) is 6.53. The predicted octanol–water partition coefficient (Wildman–Crippen LogP) is 0.631. The summed E-state index contributed by atoms with van der Waals surface area (Å²) >= 11 is 0. The molecule has 0 aromatic carbocycles. The third-order valence-corrected chi connectivity index (χ3v) is 2.84. The number of hydrogen-bond donors (Lipinski definition) is 1. The Morgan fingerprint density at radius 1 is 1.56 bits per heavy atom. The van der Waals surface area contributed by atoms with Crippen molar-refractivity contribution in [3.05, 3.63) is 30.1 Å². The average Bonchev–Trinajstić information content (AvgIpc) is 2.31. The molecule has 2 N–H and O–H groups in total. The van der Waals surface area contributed by atoms with Gasteiger partial charge in [-0.2, -0.15) is 0 Å². The summed E-state index contributed by atoms with van der Waals surface area (Å²) in [6.45, 7) is 4.44. The Morgan fingerprint density at radius 2 is 2.50 bits per heavy atom. The van der Waals surface area contributed by atoms with E-state index in [9.17, 15) is 0 Å². The summed E-state index contributed by atoms with van der Waals surface area (Å²) < 4.78 is 5.65. The number of morpholine rings is 1. The maximum Gasteiger partial charge on any atom is 0.0714 e. The fourth-order valence-electron chi connectivity index (χ4n) is 2.03. The molecule has 0 aliphatic carbocycles. The fourth-order valence-corrected chi connectivity index (χ4v) is 2.03. The highest BCUT2D eigenvalue weighted by Gasteiger charge is 2.19. The molecule has 88 valence electrons. The van der Waals surface area contributed by atoms with Crippen molar-refractivity contribution < 1.29 is 4.74 Å². The first kappa shape index (κ1) is 11.5. The molecule has 0 saturated carbocycles. The molecule has 1 fully saturated rings. The smallest absolute Gasteiger partial charge is 0.0714 e. The van der Waals surface area contributed by atoms with Crippen LogP contribution in [0.1, 0.15) is 12.0 Å². The van der Waals surface area contributed by atoms with Gasteiger partial charge in [0.25, 0.3) is 0 Å². The van der Waals surface area contributed by atoms with Crippen LogP contribution in [0.2, 0.25) is 0 Å². The first-order valence-corrected chi connectivity index (χ1v) is 5.81. The lowest BCUT2D eigenvalue weighted by molar-refractivity contribution is -0.0335. The SMILES string of the molecule is NCCC1CN(Cc2cccnc2)CCO1. The van der Waals surface area contributed by atoms with Crippen LogP contribution in [-0.2, 0) is 11.3 Å². The van der Waals surface area contributed by atoms with E-state index in [-0.39, 0.29) is 0 Å². The molecule has 1 saturated heterocycles. The summed E-state index contributed by atoms with van der Waals surface area (Å²) in [7, 11) is 0. The van der Waals surface area contributed by atoms with Crippen LogP contribution >= 0.6 is 0 Å². The van der Waals surface area contributed by atoms with Gasteiger partial charge in [0.2, 0.25) is 0 Å². The highest BCUT2D eigenvalue weighted by Crippen LogP contribution is 2.11. The molecule has 1 atom stereocenters. The topological polar surface area (TPSA) is 51.4 Å². The minimum absolute atomic E-state index is 0.301. The molecule has 0 amide bonds. The summed E-state index contributed by atoms with van der Waals surface area (Å²) in [5, 5.41) is 0. The Labute approximate surface area is 96.4 Å². The van der Waals surface area contributed by atoms with E-state index in [0.717, 1.165) is 32.7 Å². The van der Waals surface area contributed by atoms with E-state index in [1.54, 1.807) is 6.20 Å². The quantitative estimate of drug-likeness (QED) is 0.810. The number of rotatable bonds is 4. The maximum absolute atomic E-state index is 5.65. The molecule has 2 heterocycles. The zero-order valence-electron chi connectivity index (χ0n) is 9.51.